The highest BCUT2D eigenvalue weighted by Gasteiger charge is 2.28. The van der Waals surface area contributed by atoms with E-state index in [1.807, 2.05) is 0 Å². The summed E-state index contributed by atoms with van der Waals surface area (Å²) < 4.78 is 23.4. The summed E-state index contributed by atoms with van der Waals surface area (Å²) >= 11 is 0. The van der Waals surface area contributed by atoms with E-state index < -0.39 is 0 Å². The zero-order valence-electron chi connectivity index (χ0n) is 14.8. The van der Waals surface area contributed by atoms with Crippen molar-refractivity contribution in [3.05, 3.63) is 47.4 Å². The molecule has 140 valence electrons. The van der Waals surface area contributed by atoms with Crippen molar-refractivity contribution in [3.8, 4) is 11.4 Å². The molecule has 9 heteroatoms. The van der Waals surface area contributed by atoms with Gasteiger partial charge in [0.1, 0.15) is 17.2 Å². The maximum Gasteiger partial charge on any atom is 0.230 e. The van der Waals surface area contributed by atoms with Crippen molar-refractivity contribution in [2.45, 2.75) is 32.1 Å². The van der Waals surface area contributed by atoms with Crippen LogP contribution < -0.4 is 0 Å². The van der Waals surface area contributed by atoms with E-state index in [-0.39, 0.29) is 24.1 Å². The van der Waals surface area contributed by atoms with Gasteiger partial charge in [-0.1, -0.05) is 27.6 Å². The van der Waals surface area contributed by atoms with Crippen LogP contribution in [0.4, 0.5) is 4.39 Å². The maximum absolute atomic E-state index is 13.4. The minimum atomic E-state index is -0.344. The van der Waals surface area contributed by atoms with Gasteiger partial charge in [0.2, 0.25) is 17.6 Å². The molecule has 2 aromatic heterocycles. The molecule has 0 unspecified atom stereocenters. The Kier molecular flexibility index (Phi) is 4.66. The largest absolute Gasteiger partial charge is 0.342 e. The molecule has 8 nitrogen and oxygen atoms in total. The lowest BCUT2D eigenvalue weighted by molar-refractivity contribution is -0.131. The number of carbonyl (C=O) groups is 1. The SMILES string of the molecule is Cc1nonc1CC(=O)N1CCC(c2nc(-c3cccc(F)c3)no2)CC1. The van der Waals surface area contributed by atoms with E-state index in [2.05, 4.69) is 25.1 Å². The molecule has 1 amide bonds. The summed E-state index contributed by atoms with van der Waals surface area (Å²) in [6.07, 6.45) is 1.64. The van der Waals surface area contributed by atoms with Gasteiger partial charge < -0.3 is 9.42 Å². The summed E-state index contributed by atoms with van der Waals surface area (Å²) in [4.78, 5) is 18.6. The van der Waals surface area contributed by atoms with E-state index in [4.69, 9.17) is 4.52 Å². The van der Waals surface area contributed by atoms with Crippen molar-refractivity contribution < 1.29 is 18.3 Å². The van der Waals surface area contributed by atoms with Crippen molar-refractivity contribution in [2.75, 3.05) is 13.1 Å². The molecule has 0 aliphatic carbocycles. The molecular formula is C18H18FN5O3. The van der Waals surface area contributed by atoms with Gasteiger partial charge in [0.05, 0.1) is 6.42 Å². The third-order valence-corrected chi connectivity index (χ3v) is 4.79. The van der Waals surface area contributed by atoms with Gasteiger partial charge in [0.15, 0.2) is 0 Å². The Morgan fingerprint density at radius 1 is 1.26 bits per heavy atom. The van der Waals surface area contributed by atoms with E-state index in [1.165, 1.54) is 12.1 Å². The van der Waals surface area contributed by atoms with E-state index >= 15 is 0 Å². The predicted molar refractivity (Wildman–Crippen MR) is 91.0 cm³/mol. The average molecular weight is 371 g/mol. The van der Waals surface area contributed by atoms with E-state index in [9.17, 15) is 9.18 Å². The van der Waals surface area contributed by atoms with Crippen LogP contribution in [0.15, 0.2) is 33.4 Å². The van der Waals surface area contributed by atoms with Crippen molar-refractivity contribution in [1.29, 1.82) is 0 Å². The first-order valence-corrected chi connectivity index (χ1v) is 8.75. The Labute approximate surface area is 154 Å². The predicted octanol–water partition coefficient (Wildman–Crippen LogP) is 2.52. The Hall–Kier alpha value is -3.10. The molecular weight excluding hydrogens is 353 g/mol. The lowest BCUT2D eigenvalue weighted by Gasteiger charge is -2.30. The molecule has 0 bridgehead atoms. The number of aromatic nitrogens is 4. The van der Waals surface area contributed by atoms with Gasteiger partial charge in [0, 0.05) is 24.6 Å². The Bertz CT molecular complexity index is 946. The fraction of sp³-hybridized carbons (Fsp3) is 0.389. The molecule has 1 aromatic carbocycles. The highest BCUT2D eigenvalue weighted by atomic mass is 19.1. The van der Waals surface area contributed by atoms with Gasteiger partial charge in [0.25, 0.3) is 0 Å². The normalized spacial score (nSPS) is 15.3. The van der Waals surface area contributed by atoms with Crippen LogP contribution in [0.25, 0.3) is 11.4 Å². The molecule has 0 saturated carbocycles. The second kappa shape index (κ2) is 7.26. The number of hydrogen-bond donors (Lipinski definition) is 0. The van der Waals surface area contributed by atoms with Crippen molar-refractivity contribution in [1.82, 2.24) is 25.4 Å². The minimum absolute atomic E-state index is 0.00164. The van der Waals surface area contributed by atoms with Crippen LogP contribution >= 0.6 is 0 Å². The smallest absolute Gasteiger partial charge is 0.230 e. The Morgan fingerprint density at radius 3 is 2.78 bits per heavy atom. The molecule has 27 heavy (non-hydrogen) atoms. The molecule has 0 atom stereocenters. The summed E-state index contributed by atoms with van der Waals surface area (Å²) in [5.74, 6) is 0.635. The topological polar surface area (TPSA) is 98.2 Å². The molecule has 0 radical (unpaired) electrons. The highest BCUT2D eigenvalue weighted by Crippen LogP contribution is 2.29. The minimum Gasteiger partial charge on any atom is -0.342 e. The summed E-state index contributed by atoms with van der Waals surface area (Å²) in [6.45, 7) is 2.97. The molecule has 1 aliphatic rings. The van der Waals surface area contributed by atoms with Crippen LogP contribution in [0, 0.1) is 12.7 Å². The second-order valence-electron chi connectivity index (χ2n) is 6.59. The fourth-order valence-electron chi connectivity index (χ4n) is 3.19. The van der Waals surface area contributed by atoms with Gasteiger partial charge in [-0.25, -0.2) is 9.02 Å². The monoisotopic (exact) mass is 371 g/mol. The van der Waals surface area contributed by atoms with Crippen molar-refractivity contribution in [3.63, 3.8) is 0 Å². The van der Waals surface area contributed by atoms with Crippen LogP contribution in [0.5, 0.6) is 0 Å². The quantitative estimate of drug-likeness (QED) is 0.695. The van der Waals surface area contributed by atoms with Gasteiger partial charge in [-0.3, -0.25) is 4.79 Å². The van der Waals surface area contributed by atoms with Gasteiger partial charge in [-0.05, 0) is 31.9 Å². The molecule has 3 heterocycles. The number of nitrogens with zero attached hydrogens (tertiary/aromatic N) is 5. The molecule has 1 aliphatic heterocycles. The summed E-state index contributed by atoms with van der Waals surface area (Å²) in [5.41, 5.74) is 1.78. The number of likely N-dealkylation sites (tertiary alicyclic amines) is 1. The Balaban J connectivity index is 1.37. The number of halogens is 1. The third-order valence-electron chi connectivity index (χ3n) is 4.79. The summed E-state index contributed by atoms with van der Waals surface area (Å²) in [6, 6.07) is 6.08. The molecule has 3 aromatic rings. The molecule has 0 N–H and O–H groups in total. The van der Waals surface area contributed by atoms with Crippen LogP contribution in [0.2, 0.25) is 0 Å². The molecule has 1 saturated heterocycles. The van der Waals surface area contributed by atoms with Gasteiger partial charge in [-0.2, -0.15) is 4.98 Å². The number of hydrogen-bond acceptors (Lipinski definition) is 7. The lowest BCUT2D eigenvalue weighted by Crippen LogP contribution is -2.39. The number of aryl methyl sites for hydroxylation is 1. The zero-order chi connectivity index (χ0) is 18.8. The third kappa shape index (κ3) is 3.71. The van der Waals surface area contributed by atoms with E-state index in [0.717, 1.165) is 12.8 Å². The lowest BCUT2D eigenvalue weighted by atomic mass is 9.96. The maximum atomic E-state index is 13.4. The molecule has 0 spiro atoms. The average Bonchev–Trinajstić information content (AvgIpc) is 3.32. The van der Waals surface area contributed by atoms with Crippen LogP contribution in [0.1, 0.15) is 36.0 Å². The second-order valence-corrected chi connectivity index (χ2v) is 6.59. The van der Waals surface area contributed by atoms with E-state index in [0.29, 0.717) is 41.8 Å². The van der Waals surface area contributed by atoms with Crippen LogP contribution in [-0.2, 0) is 11.2 Å². The van der Waals surface area contributed by atoms with E-state index in [1.54, 1.807) is 24.0 Å². The van der Waals surface area contributed by atoms with Crippen molar-refractivity contribution >= 4 is 5.91 Å². The van der Waals surface area contributed by atoms with Crippen LogP contribution in [0.3, 0.4) is 0 Å². The van der Waals surface area contributed by atoms with Gasteiger partial charge in [-0.15, -0.1) is 0 Å². The first kappa shape index (κ1) is 17.3. The molecule has 1 fully saturated rings. The number of carbonyl (C=O) groups excluding carboxylic acids is 1. The fourth-order valence-corrected chi connectivity index (χ4v) is 3.19. The Morgan fingerprint density at radius 2 is 2.07 bits per heavy atom. The standard InChI is InChI=1S/C18H18FN5O3/c1-11-15(22-27-21-11)10-16(25)24-7-5-12(6-8-24)18-20-17(23-26-18)13-3-2-4-14(19)9-13/h2-4,9,12H,5-8,10H2,1H3. The highest BCUT2D eigenvalue weighted by molar-refractivity contribution is 5.78. The number of benzene rings is 1. The first-order valence-electron chi connectivity index (χ1n) is 8.75. The van der Waals surface area contributed by atoms with Crippen LogP contribution in [-0.4, -0.2) is 44.4 Å². The summed E-state index contributed by atoms with van der Waals surface area (Å²) in [5, 5.41) is 11.4. The molecule has 4 rings (SSSR count). The number of piperidine rings is 1. The first-order chi connectivity index (χ1) is 13.1. The zero-order valence-corrected chi connectivity index (χ0v) is 14.8. The summed E-state index contributed by atoms with van der Waals surface area (Å²) in [7, 11) is 0. The van der Waals surface area contributed by atoms with Gasteiger partial charge >= 0.3 is 0 Å². The number of rotatable bonds is 4. The number of amides is 1. The van der Waals surface area contributed by atoms with Crippen molar-refractivity contribution in [2.24, 2.45) is 0 Å².